The molecule has 1 fully saturated rings. The highest BCUT2D eigenvalue weighted by Crippen LogP contribution is 2.19. The zero-order valence-corrected chi connectivity index (χ0v) is 13.9. The van der Waals surface area contributed by atoms with Crippen molar-refractivity contribution >= 4 is 16.7 Å². The van der Waals surface area contributed by atoms with Crippen LogP contribution >= 0.6 is 0 Å². The van der Waals surface area contributed by atoms with E-state index in [1.807, 2.05) is 18.2 Å². The monoisotopic (exact) mass is 330 g/mol. The van der Waals surface area contributed by atoms with Gasteiger partial charge in [0.05, 0.1) is 24.6 Å². The van der Waals surface area contributed by atoms with Crippen molar-refractivity contribution in [1.29, 1.82) is 0 Å². The molecule has 0 bridgehead atoms. The number of carbonyl (C=O) groups is 1. The van der Waals surface area contributed by atoms with Crippen LogP contribution in [0.4, 0.5) is 0 Å². The van der Waals surface area contributed by atoms with Crippen molar-refractivity contribution in [2.75, 3.05) is 20.3 Å². The van der Waals surface area contributed by atoms with Gasteiger partial charge in [-0.05, 0) is 31.2 Å². The molecule has 0 amide bonds. The van der Waals surface area contributed by atoms with E-state index in [0.717, 1.165) is 37.9 Å². The second-order valence-electron chi connectivity index (χ2n) is 6.12. The fourth-order valence-electron chi connectivity index (χ4n) is 3.14. The molecule has 2 heterocycles. The summed E-state index contributed by atoms with van der Waals surface area (Å²) in [4.78, 5) is 24.3. The minimum absolute atomic E-state index is 0.0640. The van der Waals surface area contributed by atoms with Gasteiger partial charge in [0.15, 0.2) is 0 Å². The van der Waals surface area contributed by atoms with Crippen LogP contribution in [-0.4, -0.2) is 36.1 Å². The highest BCUT2D eigenvalue weighted by atomic mass is 16.5. The van der Waals surface area contributed by atoms with Gasteiger partial charge in [0, 0.05) is 25.1 Å². The molecule has 1 aromatic carbocycles. The van der Waals surface area contributed by atoms with Gasteiger partial charge in [-0.2, -0.15) is 5.10 Å². The molecule has 0 unspecified atom stereocenters. The summed E-state index contributed by atoms with van der Waals surface area (Å²) >= 11 is 0. The molecular formula is C18H22N2O4. The first-order valence-corrected chi connectivity index (χ1v) is 8.32. The fraction of sp³-hybridized carbons (Fsp3) is 0.500. The van der Waals surface area contributed by atoms with E-state index >= 15 is 0 Å². The predicted molar refractivity (Wildman–Crippen MR) is 89.9 cm³/mol. The minimum Gasteiger partial charge on any atom is -0.469 e. The van der Waals surface area contributed by atoms with Crippen LogP contribution in [0.15, 0.2) is 29.1 Å². The van der Waals surface area contributed by atoms with E-state index in [0.29, 0.717) is 23.5 Å². The number of ether oxygens (including phenoxy) is 2. The predicted octanol–water partition coefficient (Wildman–Crippen LogP) is 1.93. The number of aryl methyl sites for hydroxylation is 1. The van der Waals surface area contributed by atoms with Crippen LogP contribution in [0.1, 0.15) is 25.0 Å². The molecule has 1 aliphatic heterocycles. The number of esters is 1. The van der Waals surface area contributed by atoms with E-state index < -0.39 is 0 Å². The molecule has 3 rings (SSSR count). The summed E-state index contributed by atoms with van der Waals surface area (Å²) in [5.41, 5.74) is 0.482. The standard InChI is InChI=1S/C18H22N2O4/c1-23-17(21)12-16-14-4-2-3-5-15(14)18(22)20(19-16)9-6-13-7-10-24-11-8-13/h2-5,13H,6-12H2,1H3. The Morgan fingerprint density at radius 1 is 1.29 bits per heavy atom. The van der Waals surface area contributed by atoms with Crippen molar-refractivity contribution in [3.63, 3.8) is 0 Å². The lowest BCUT2D eigenvalue weighted by Crippen LogP contribution is -2.27. The summed E-state index contributed by atoms with van der Waals surface area (Å²) in [6, 6.07) is 7.28. The number of nitrogens with zero attached hydrogens (tertiary/aromatic N) is 2. The number of hydrogen-bond acceptors (Lipinski definition) is 5. The van der Waals surface area contributed by atoms with Crippen LogP contribution in [-0.2, 0) is 27.2 Å². The van der Waals surface area contributed by atoms with Crippen LogP contribution in [0.25, 0.3) is 10.8 Å². The Morgan fingerprint density at radius 3 is 2.71 bits per heavy atom. The molecule has 128 valence electrons. The maximum atomic E-state index is 12.7. The lowest BCUT2D eigenvalue weighted by Gasteiger charge is -2.22. The largest absolute Gasteiger partial charge is 0.469 e. The minimum atomic E-state index is -0.359. The van der Waals surface area contributed by atoms with Crippen molar-refractivity contribution in [2.24, 2.45) is 5.92 Å². The van der Waals surface area contributed by atoms with Gasteiger partial charge in [0.1, 0.15) is 0 Å². The number of aromatic nitrogens is 2. The lowest BCUT2D eigenvalue weighted by molar-refractivity contribution is -0.139. The number of carbonyl (C=O) groups excluding carboxylic acids is 1. The Labute approximate surface area is 140 Å². The molecule has 0 radical (unpaired) electrons. The van der Waals surface area contributed by atoms with Gasteiger partial charge < -0.3 is 9.47 Å². The summed E-state index contributed by atoms with van der Waals surface area (Å²) in [5, 5.41) is 5.76. The van der Waals surface area contributed by atoms with Crippen LogP contribution in [0.5, 0.6) is 0 Å². The summed E-state index contributed by atoms with van der Waals surface area (Å²) in [6.07, 6.45) is 3.01. The molecule has 0 aliphatic carbocycles. The van der Waals surface area contributed by atoms with E-state index in [1.54, 1.807) is 6.07 Å². The first-order chi connectivity index (χ1) is 11.7. The number of rotatable bonds is 5. The summed E-state index contributed by atoms with van der Waals surface area (Å²) in [7, 11) is 1.35. The molecule has 0 atom stereocenters. The van der Waals surface area contributed by atoms with Gasteiger partial charge >= 0.3 is 5.97 Å². The van der Waals surface area contributed by atoms with Gasteiger partial charge in [0.2, 0.25) is 0 Å². The van der Waals surface area contributed by atoms with Gasteiger partial charge in [-0.15, -0.1) is 0 Å². The van der Waals surface area contributed by atoms with E-state index in [4.69, 9.17) is 9.47 Å². The number of methoxy groups -OCH3 is 1. The maximum absolute atomic E-state index is 12.7. The molecule has 6 heteroatoms. The van der Waals surface area contributed by atoms with E-state index in [9.17, 15) is 9.59 Å². The van der Waals surface area contributed by atoms with E-state index in [-0.39, 0.29) is 17.9 Å². The van der Waals surface area contributed by atoms with Crippen LogP contribution in [0, 0.1) is 5.92 Å². The number of fused-ring (bicyclic) bond motifs is 1. The molecule has 0 N–H and O–H groups in total. The molecule has 0 spiro atoms. The van der Waals surface area contributed by atoms with Gasteiger partial charge in [0.25, 0.3) is 5.56 Å². The summed E-state index contributed by atoms with van der Waals surface area (Å²) in [5.74, 6) is 0.199. The number of benzene rings is 1. The Kier molecular flexibility index (Phi) is 5.25. The Morgan fingerprint density at radius 2 is 2.00 bits per heavy atom. The normalized spacial score (nSPS) is 15.5. The van der Waals surface area contributed by atoms with Crippen molar-refractivity contribution in [3.8, 4) is 0 Å². The third kappa shape index (κ3) is 3.64. The second kappa shape index (κ2) is 7.57. The molecule has 1 aromatic heterocycles. The molecule has 24 heavy (non-hydrogen) atoms. The Hall–Kier alpha value is -2.21. The van der Waals surface area contributed by atoms with Crippen molar-refractivity contribution in [3.05, 3.63) is 40.3 Å². The van der Waals surface area contributed by atoms with Crippen LogP contribution in [0.3, 0.4) is 0 Å². The second-order valence-corrected chi connectivity index (χ2v) is 6.12. The van der Waals surface area contributed by atoms with E-state index in [2.05, 4.69) is 5.10 Å². The van der Waals surface area contributed by atoms with Gasteiger partial charge in [-0.1, -0.05) is 18.2 Å². The van der Waals surface area contributed by atoms with Crippen LogP contribution in [0.2, 0.25) is 0 Å². The first-order valence-electron chi connectivity index (χ1n) is 8.32. The first kappa shape index (κ1) is 16.6. The molecule has 1 aliphatic rings. The smallest absolute Gasteiger partial charge is 0.311 e. The molecular weight excluding hydrogens is 308 g/mol. The molecule has 2 aromatic rings. The quantitative estimate of drug-likeness (QED) is 0.784. The Balaban J connectivity index is 1.90. The average molecular weight is 330 g/mol. The van der Waals surface area contributed by atoms with Gasteiger partial charge in [-0.25, -0.2) is 4.68 Å². The Bertz CT molecular complexity index is 778. The number of hydrogen-bond donors (Lipinski definition) is 0. The molecule has 1 saturated heterocycles. The summed E-state index contributed by atoms with van der Waals surface area (Å²) < 4.78 is 11.6. The SMILES string of the molecule is COC(=O)Cc1nn(CCC2CCOCC2)c(=O)c2ccccc12. The van der Waals surface area contributed by atoms with E-state index in [1.165, 1.54) is 11.8 Å². The van der Waals surface area contributed by atoms with Gasteiger partial charge in [-0.3, -0.25) is 9.59 Å². The third-order valence-electron chi connectivity index (χ3n) is 4.57. The average Bonchev–Trinajstić information content (AvgIpc) is 2.63. The lowest BCUT2D eigenvalue weighted by atomic mass is 9.97. The summed E-state index contributed by atoms with van der Waals surface area (Å²) in [6.45, 7) is 2.14. The zero-order chi connectivity index (χ0) is 16.9. The topological polar surface area (TPSA) is 70.4 Å². The van der Waals surface area contributed by atoms with Crippen molar-refractivity contribution in [1.82, 2.24) is 9.78 Å². The molecule has 6 nitrogen and oxygen atoms in total. The molecule has 0 saturated carbocycles. The van der Waals surface area contributed by atoms with Crippen molar-refractivity contribution < 1.29 is 14.3 Å². The highest BCUT2D eigenvalue weighted by molar-refractivity contribution is 5.86. The van der Waals surface area contributed by atoms with Crippen molar-refractivity contribution in [2.45, 2.75) is 32.2 Å². The fourth-order valence-corrected chi connectivity index (χ4v) is 3.14. The highest BCUT2D eigenvalue weighted by Gasteiger charge is 2.17. The van der Waals surface area contributed by atoms with Crippen LogP contribution < -0.4 is 5.56 Å². The maximum Gasteiger partial charge on any atom is 0.311 e. The zero-order valence-electron chi connectivity index (χ0n) is 13.9. The third-order valence-corrected chi connectivity index (χ3v) is 4.57.